The van der Waals surface area contributed by atoms with E-state index in [0.717, 1.165) is 0 Å². The fourth-order valence-corrected chi connectivity index (χ4v) is 1.99. The molecule has 1 rings (SSSR count). The second kappa shape index (κ2) is 5.31. The Kier molecular flexibility index (Phi) is 4.28. The van der Waals surface area contributed by atoms with Gasteiger partial charge in [0.2, 0.25) is 0 Å². The molecule has 0 heterocycles. The van der Waals surface area contributed by atoms with Gasteiger partial charge in [-0.05, 0) is 30.5 Å². The van der Waals surface area contributed by atoms with Gasteiger partial charge in [0.1, 0.15) is 5.75 Å². The molecule has 0 N–H and O–H groups in total. The van der Waals surface area contributed by atoms with E-state index < -0.39 is 22.8 Å². The maximum atomic E-state index is 12.0. The molecule has 0 aromatic heterocycles. The molecule has 0 spiro atoms. The second-order valence-corrected chi connectivity index (χ2v) is 4.66. The topological polar surface area (TPSA) is 38.7 Å². The van der Waals surface area contributed by atoms with Crippen LogP contribution in [0.5, 0.6) is 5.75 Å². The van der Waals surface area contributed by atoms with Gasteiger partial charge in [-0.1, -0.05) is 10.7 Å². The van der Waals surface area contributed by atoms with Gasteiger partial charge in [-0.15, -0.1) is 0 Å². The summed E-state index contributed by atoms with van der Waals surface area (Å²) >= 11 is 0. The fourth-order valence-electron chi connectivity index (χ4n) is 1.00. The Balaban J connectivity index is 2.92. The second-order valence-electron chi connectivity index (χ2n) is 3.05. The van der Waals surface area contributed by atoms with Crippen molar-refractivity contribution in [1.29, 1.82) is 0 Å². The highest BCUT2D eigenvalue weighted by Crippen LogP contribution is 2.19. The molecule has 0 saturated heterocycles. The molecule has 1 unspecified atom stereocenters. The lowest BCUT2D eigenvalue weighted by Crippen LogP contribution is -2.20. The smallest absolute Gasteiger partial charge is 0.474 e. The Bertz CT molecular complexity index is 440. The van der Waals surface area contributed by atoms with E-state index in [0.29, 0.717) is 10.6 Å². The lowest BCUT2D eigenvalue weighted by atomic mass is 10.3. The number of hydrogen-bond donors (Lipinski definition) is 0. The van der Waals surface area contributed by atoms with Gasteiger partial charge < -0.3 is 4.74 Å². The largest absolute Gasteiger partial charge is 0.497 e. The number of nitrogens with zero attached hydrogens (tertiary/aromatic N) is 1. The first-order valence-corrected chi connectivity index (χ1v) is 6.06. The summed E-state index contributed by atoms with van der Waals surface area (Å²) in [5.74, 6) is -1.47. The summed E-state index contributed by atoms with van der Waals surface area (Å²) in [6, 6.07) is 6.36. The van der Waals surface area contributed by atoms with Crippen LogP contribution in [0.3, 0.4) is 0 Å². The molecule has 0 fully saturated rings. The summed E-state index contributed by atoms with van der Waals surface area (Å²) in [5.41, 5.74) is 0. The number of methoxy groups -OCH3 is 1. The number of halogens is 3. The first-order valence-electron chi connectivity index (χ1n) is 4.47. The number of alkyl halides is 3. The summed E-state index contributed by atoms with van der Waals surface area (Å²) in [7, 11) is 0.364. The number of carbonyl (C=O) groups is 1. The van der Waals surface area contributed by atoms with E-state index in [1.807, 2.05) is 0 Å². The van der Waals surface area contributed by atoms with Crippen LogP contribution in [-0.2, 0) is 15.5 Å². The monoisotopic (exact) mass is 265 g/mol. The molecule has 0 saturated carbocycles. The molecule has 0 aliphatic heterocycles. The van der Waals surface area contributed by atoms with Crippen LogP contribution in [0.25, 0.3) is 0 Å². The number of carbonyl (C=O) groups excluding carboxylic acids is 1. The van der Waals surface area contributed by atoms with Crippen LogP contribution >= 0.6 is 0 Å². The summed E-state index contributed by atoms with van der Waals surface area (Å²) in [6.07, 6.45) is -3.46. The molecular weight excluding hydrogens is 255 g/mol. The van der Waals surface area contributed by atoms with Crippen molar-refractivity contribution in [2.75, 3.05) is 13.4 Å². The molecule has 0 radical (unpaired) electrons. The summed E-state index contributed by atoms with van der Waals surface area (Å²) in [4.78, 5) is 11.2. The zero-order valence-electron chi connectivity index (χ0n) is 9.12. The highest BCUT2D eigenvalue weighted by Gasteiger charge is 2.38. The van der Waals surface area contributed by atoms with Gasteiger partial charge in [0, 0.05) is 4.90 Å². The third-order valence-electron chi connectivity index (χ3n) is 1.86. The van der Waals surface area contributed by atoms with Crippen molar-refractivity contribution >= 4 is 16.6 Å². The Morgan fingerprint density at radius 2 is 1.82 bits per heavy atom. The third kappa shape index (κ3) is 3.85. The van der Waals surface area contributed by atoms with Crippen molar-refractivity contribution in [3.8, 4) is 5.75 Å². The molecule has 1 amide bonds. The first kappa shape index (κ1) is 13.7. The summed E-state index contributed by atoms with van der Waals surface area (Å²) in [5, 5.41) is 0. The van der Waals surface area contributed by atoms with Gasteiger partial charge >= 0.3 is 12.1 Å². The Morgan fingerprint density at radius 1 is 1.29 bits per heavy atom. The predicted molar refractivity (Wildman–Crippen MR) is 58.0 cm³/mol. The van der Waals surface area contributed by atoms with E-state index in [1.165, 1.54) is 13.4 Å². The molecule has 1 atom stereocenters. The molecule has 3 nitrogen and oxygen atoms in total. The zero-order valence-corrected chi connectivity index (χ0v) is 9.93. The number of amides is 1. The highest BCUT2D eigenvalue weighted by atomic mass is 32.2. The van der Waals surface area contributed by atoms with Crippen LogP contribution in [0.4, 0.5) is 13.2 Å². The fraction of sp³-hybridized carbons (Fsp3) is 0.300. The third-order valence-corrected chi connectivity index (χ3v) is 3.26. The van der Waals surface area contributed by atoms with Gasteiger partial charge in [-0.3, -0.25) is 4.79 Å². The van der Waals surface area contributed by atoms with Crippen LogP contribution in [0, 0.1) is 0 Å². The maximum Gasteiger partial charge on any atom is 0.474 e. The Morgan fingerprint density at radius 3 is 2.24 bits per heavy atom. The molecular formula is C10H10F3NO2S. The lowest BCUT2D eigenvalue weighted by molar-refractivity contribution is -0.169. The first-order chi connectivity index (χ1) is 7.84. The van der Waals surface area contributed by atoms with Crippen molar-refractivity contribution in [1.82, 2.24) is 0 Å². The maximum absolute atomic E-state index is 12.0. The SMILES string of the molecule is COc1ccc(S(C)=NC(=O)C(F)(F)F)cc1. The van der Waals surface area contributed by atoms with Crippen molar-refractivity contribution in [3.05, 3.63) is 24.3 Å². The average Bonchev–Trinajstić information content (AvgIpc) is 2.27. The minimum absolute atomic E-state index is 0.545. The minimum Gasteiger partial charge on any atom is -0.497 e. The number of hydrogen-bond acceptors (Lipinski definition) is 2. The van der Waals surface area contributed by atoms with E-state index in [2.05, 4.69) is 4.36 Å². The van der Waals surface area contributed by atoms with Crippen molar-refractivity contribution in [2.45, 2.75) is 11.1 Å². The Hall–Kier alpha value is -1.37. The lowest BCUT2D eigenvalue weighted by Gasteiger charge is -2.05. The highest BCUT2D eigenvalue weighted by molar-refractivity contribution is 7.87. The number of benzene rings is 1. The standard InChI is InChI=1S/C10H10F3NO2S/c1-16-7-3-5-8(6-4-7)17(2)14-9(15)10(11,12)13/h3-6H,1-2H3. The van der Waals surface area contributed by atoms with E-state index in [1.54, 1.807) is 24.3 Å². The molecule has 7 heteroatoms. The summed E-state index contributed by atoms with van der Waals surface area (Å²) < 4.78 is 44.0. The summed E-state index contributed by atoms with van der Waals surface area (Å²) in [6.45, 7) is 0. The zero-order chi connectivity index (χ0) is 13.1. The van der Waals surface area contributed by atoms with Gasteiger partial charge in [-0.2, -0.15) is 17.5 Å². The average molecular weight is 265 g/mol. The van der Waals surface area contributed by atoms with E-state index in [-0.39, 0.29) is 0 Å². The van der Waals surface area contributed by atoms with Crippen LogP contribution in [-0.4, -0.2) is 25.4 Å². The van der Waals surface area contributed by atoms with Gasteiger partial charge in [0.15, 0.2) is 0 Å². The van der Waals surface area contributed by atoms with Crippen molar-refractivity contribution < 1.29 is 22.7 Å². The number of ether oxygens (including phenoxy) is 1. The van der Waals surface area contributed by atoms with Gasteiger partial charge in [-0.25, -0.2) is 0 Å². The molecule has 17 heavy (non-hydrogen) atoms. The van der Waals surface area contributed by atoms with Crippen LogP contribution in [0.1, 0.15) is 0 Å². The van der Waals surface area contributed by atoms with Crippen LogP contribution < -0.4 is 4.74 Å². The molecule has 0 aliphatic carbocycles. The van der Waals surface area contributed by atoms with E-state index >= 15 is 0 Å². The van der Waals surface area contributed by atoms with Crippen LogP contribution in [0.15, 0.2) is 33.5 Å². The molecule has 1 aromatic rings. The van der Waals surface area contributed by atoms with E-state index in [4.69, 9.17) is 4.74 Å². The van der Waals surface area contributed by atoms with Crippen LogP contribution in [0.2, 0.25) is 0 Å². The van der Waals surface area contributed by atoms with Crippen molar-refractivity contribution in [3.63, 3.8) is 0 Å². The predicted octanol–water partition coefficient (Wildman–Crippen LogP) is 2.57. The molecule has 0 bridgehead atoms. The molecule has 94 valence electrons. The van der Waals surface area contributed by atoms with E-state index in [9.17, 15) is 18.0 Å². The van der Waals surface area contributed by atoms with Crippen molar-refractivity contribution in [2.24, 2.45) is 4.36 Å². The number of rotatable bonds is 2. The quantitative estimate of drug-likeness (QED) is 0.824. The van der Waals surface area contributed by atoms with Gasteiger partial charge in [0.25, 0.3) is 0 Å². The molecule has 1 aromatic carbocycles. The minimum atomic E-state index is -4.91. The Labute approximate surface area is 98.7 Å². The van der Waals surface area contributed by atoms with Gasteiger partial charge in [0.05, 0.1) is 7.11 Å². The normalized spacial score (nSPS) is 13.5. The molecule has 0 aliphatic rings.